The van der Waals surface area contributed by atoms with E-state index < -0.39 is 0 Å². The first kappa shape index (κ1) is 16.0. The summed E-state index contributed by atoms with van der Waals surface area (Å²) in [6.07, 6.45) is 3.84. The van der Waals surface area contributed by atoms with Gasteiger partial charge in [-0.2, -0.15) is 4.98 Å². The first-order valence-electron chi connectivity index (χ1n) is 8.57. The van der Waals surface area contributed by atoms with Gasteiger partial charge in [-0.05, 0) is 0 Å². The van der Waals surface area contributed by atoms with Gasteiger partial charge in [0.25, 0.3) is 0 Å². The maximum Gasteiger partial charge on any atom is 0.241 e. The summed E-state index contributed by atoms with van der Waals surface area (Å²) < 4.78 is 7.50. The third kappa shape index (κ3) is 3.78. The summed E-state index contributed by atoms with van der Waals surface area (Å²) in [4.78, 5) is 13.7. The van der Waals surface area contributed by atoms with E-state index in [1.54, 1.807) is 0 Å². The standard InChI is InChI=1S/C18H22N6O/c1-22-8-7-19-16(22)13-23-9-11-24(12-10-23)14-17-20-18(21-25-17)15-5-3-2-4-6-15/h2-8H,9-14H2,1H3. The van der Waals surface area contributed by atoms with Crippen LogP contribution in [0.2, 0.25) is 0 Å². The summed E-state index contributed by atoms with van der Waals surface area (Å²) in [5.74, 6) is 2.44. The molecule has 130 valence electrons. The van der Waals surface area contributed by atoms with Crippen LogP contribution in [0, 0.1) is 0 Å². The van der Waals surface area contributed by atoms with Gasteiger partial charge in [-0.25, -0.2) is 4.98 Å². The molecule has 3 aromatic rings. The van der Waals surface area contributed by atoms with E-state index in [2.05, 4.69) is 29.5 Å². The van der Waals surface area contributed by atoms with Crippen LogP contribution < -0.4 is 0 Å². The minimum Gasteiger partial charge on any atom is -0.338 e. The lowest BCUT2D eigenvalue weighted by atomic mass is 10.2. The van der Waals surface area contributed by atoms with Gasteiger partial charge in [0.1, 0.15) is 5.82 Å². The van der Waals surface area contributed by atoms with Crippen molar-refractivity contribution in [3.63, 3.8) is 0 Å². The zero-order chi connectivity index (χ0) is 17.1. The number of aromatic nitrogens is 4. The van der Waals surface area contributed by atoms with Crippen LogP contribution in [0.3, 0.4) is 0 Å². The highest BCUT2D eigenvalue weighted by Gasteiger charge is 2.20. The molecule has 1 aromatic carbocycles. The lowest BCUT2D eigenvalue weighted by Crippen LogP contribution is -2.45. The molecule has 0 atom stereocenters. The molecule has 3 heterocycles. The van der Waals surface area contributed by atoms with Gasteiger partial charge < -0.3 is 9.09 Å². The molecule has 0 bridgehead atoms. The van der Waals surface area contributed by atoms with Crippen LogP contribution in [0.25, 0.3) is 11.4 Å². The van der Waals surface area contributed by atoms with Crippen LogP contribution in [0.1, 0.15) is 11.7 Å². The second-order valence-corrected chi connectivity index (χ2v) is 6.38. The zero-order valence-corrected chi connectivity index (χ0v) is 14.4. The molecule has 1 fully saturated rings. The topological polar surface area (TPSA) is 63.2 Å². The Hall–Kier alpha value is -2.51. The molecular weight excluding hydrogens is 316 g/mol. The van der Waals surface area contributed by atoms with E-state index in [0.717, 1.165) is 44.1 Å². The number of hydrogen-bond donors (Lipinski definition) is 0. The third-order valence-electron chi connectivity index (χ3n) is 4.61. The predicted octanol–water partition coefficient (Wildman–Crippen LogP) is 1.79. The smallest absolute Gasteiger partial charge is 0.241 e. The Morgan fingerprint density at radius 2 is 1.72 bits per heavy atom. The maximum absolute atomic E-state index is 5.42. The molecule has 1 saturated heterocycles. The van der Waals surface area contributed by atoms with Gasteiger partial charge in [0, 0.05) is 51.2 Å². The van der Waals surface area contributed by atoms with Crippen molar-refractivity contribution in [2.75, 3.05) is 26.2 Å². The van der Waals surface area contributed by atoms with E-state index in [-0.39, 0.29) is 0 Å². The van der Waals surface area contributed by atoms with Gasteiger partial charge in [-0.1, -0.05) is 35.5 Å². The maximum atomic E-state index is 5.42. The summed E-state index contributed by atoms with van der Waals surface area (Å²) in [6.45, 7) is 5.63. The van der Waals surface area contributed by atoms with Crippen molar-refractivity contribution in [2.24, 2.45) is 7.05 Å². The number of piperazine rings is 1. The Labute approximate surface area is 146 Å². The molecule has 4 rings (SSSR count). The predicted molar refractivity (Wildman–Crippen MR) is 93.5 cm³/mol. The first-order valence-corrected chi connectivity index (χ1v) is 8.57. The molecule has 7 nitrogen and oxygen atoms in total. The van der Waals surface area contributed by atoms with E-state index in [1.807, 2.05) is 49.8 Å². The van der Waals surface area contributed by atoms with Crippen molar-refractivity contribution in [3.05, 3.63) is 54.4 Å². The van der Waals surface area contributed by atoms with Crippen LogP contribution in [0.4, 0.5) is 0 Å². The number of nitrogens with zero attached hydrogens (tertiary/aromatic N) is 6. The lowest BCUT2D eigenvalue weighted by molar-refractivity contribution is 0.109. The number of imidazole rings is 1. The SMILES string of the molecule is Cn1ccnc1CN1CCN(Cc2nc(-c3ccccc3)no2)CC1. The van der Waals surface area contributed by atoms with Gasteiger partial charge >= 0.3 is 0 Å². The summed E-state index contributed by atoms with van der Waals surface area (Å²) in [6, 6.07) is 9.92. The monoisotopic (exact) mass is 338 g/mol. The van der Waals surface area contributed by atoms with Gasteiger partial charge in [-0.15, -0.1) is 0 Å². The van der Waals surface area contributed by atoms with E-state index in [4.69, 9.17) is 4.52 Å². The summed E-state index contributed by atoms with van der Waals surface area (Å²) >= 11 is 0. The Kier molecular flexibility index (Phi) is 4.58. The lowest BCUT2D eigenvalue weighted by Gasteiger charge is -2.33. The van der Waals surface area contributed by atoms with Crippen molar-refractivity contribution < 1.29 is 4.52 Å². The molecule has 1 aliphatic heterocycles. The van der Waals surface area contributed by atoms with Crippen molar-refractivity contribution >= 4 is 0 Å². The van der Waals surface area contributed by atoms with Crippen LogP contribution in [0.5, 0.6) is 0 Å². The molecular formula is C18H22N6O. The number of benzene rings is 1. The number of aryl methyl sites for hydroxylation is 1. The molecule has 0 spiro atoms. The Balaban J connectivity index is 1.30. The molecule has 7 heteroatoms. The van der Waals surface area contributed by atoms with Gasteiger partial charge in [-0.3, -0.25) is 9.80 Å². The van der Waals surface area contributed by atoms with E-state index >= 15 is 0 Å². The van der Waals surface area contributed by atoms with Crippen molar-refractivity contribution in [1.82, 2.24) is 29.5 Å². The highest BCUT2D eigenvalue weighted by Crippen LogP contribution is 2.16. The number of hydrogen-bond acceptors (Lipinski definition) is 6. The van der Waals surface area contributed by atoms with Crippen LogP contribution in [-0.4, -0.2) is 55.7 Å². The van der Waals surface area contributed by atoms with Gasteiger partial charge in [0.2, 0.25) is 11.7 Å². The molecule has 2 aromatic heterocycles. The average Bonchev–Trinajstić information content (AvgIpc) is 3.27. The second kappa shape index (κ2) is 7.16. The minimum atomic E-state index is 0.656. The summed E-state index contributed by atoms with van der Waals surface area (Å²) in [5, 5.41) is 4.09. The van der Waals surface area contributed by atoms with Crippen LogP contribution in [0.15, 0.2) is 47.2 Å². The fourth-order valence-electron chi connectivity index (χ4n) is 3.07. The highest BCUT2D eigenvalue weighted by atomic mass is 16.5. The molecule has 25 heavy (non-hydrogen) atoms. The fourth-order valence-corrected chi connectivity index (χ4v) is 3.07. The van der Waals surface area contributed by atoms with E-state index in [9.17, 15) is 0 Å². The molecule has 0 amide bonds. The van der Waals surface area contributed by atoms with Crippen LogP contribution in [-0.2, 0) is 20.1 Å². The van der Waals surface area contributed by atoms with Crippen molar-refractivity contribution in [3.8, 4) is 11.4 Å². The highest BCUT2D eigenvalue weighted by molar-refractivity contribution is 5.53. The fraction of sp³-hybridized carbons (Fsp3) is 0.389. The second-order valence-electron chi connectivity index (χ2n) is 6.38. The van der Waals surface area contributed by atoms with Crippen LogP contribution >= 0.6 is 0 Å². The molecule has 0 N–H and O–H groups in total. The van der Waals surface area contributed by atoms with Crippen molar-refractivity contribution in [1.29, 1.82) is 0 Å². The first-order chi connectivity index (χ1) is 12.3. The summed E-state index contributed by atoms with van der Waals surface area (Å²) in [7, 11) is 2.04. The minimum absolute atomic E-state index is 0.656. The Bertz CT molecular complexity index is 804. The van der Waals surface area contributed by atoms with Crippen molar-refractivity contribution in [2.45, 2.75) is 13.1 Å². The Morgan fingerprint density at radius 1 is 1.00 bits per heavy atom. The van der Waals surface area contributed by atoms with Gasteiger partial charge in [0.15, 0.2) is 0 Å². The zero-order valence-electron chi connectivity index (χ0n) is 14.4. The normalized spacial score (nSPS) is 16.4. The molecule has 1 aliphatic rings. The molecule has 0 aliphatic carbocycles. The molecule has 0 saturated carbocycles. The van der Waals surface area contributed by atoms with Gasteiger partial charge in [0.05, 0.1) is 13.1 Å². The summed E-state index contributed by atoms with van der Waals surface area (Å²) in [5.41, 5.74) is 0.984. The third-order valence-corrected chi connectivity index (χ3v) is 4.61. The number of rotatable bonds is 5. The molecule has 0 unspecified atom stereocenters. The quantitative estimate of drug-likeness (QED) is 0.707. The molecule has 0 radical (unpaired) electrons. The Morgan fingerprint density at radius 3 is 2.40 bits per heavy atom. The van der Waals surface area contributed by atoms with E-state index in [1.165, 1.54) is 0 Å². The van der Waals surface area contributed by atoms with E-state index in [0.29, 0.717) is 18.3 Å². The average molecular weight is 338 g/mol. The largest absolute Gasteiger partial charge is 0.338 e.